The van der Waals surface area contributed by atoms with Crippen molar-refractivity contribution in [1.82, 2.24) is 14.8 Å². The van der Waals surface area contributed by atoms with Crippen molar-refractivity contribution in [2.75, 3.05) is 61.2 Å². The summed E-state index contributed by atoms with van der Waals surface area (Å²) in [5.74, 6) is -0.133. The number of carboxylic acids is 1. The van der Waals surface area contributed by atoms with Gasteiger partial charge in [-0.2, -0.15) is 30.0 Å². The number of amides is 2. The van der Waals surface area contributed by atoms with Crippen LogP contribution in [0.5, 0.6) is 11.5 Å². The number of carbonyl (C=O) groups is 5. The number of aliphatic hydroxyl groups is 5. The van der Waals surface area contributed by atoms with Gasteiger partial charge in [0.05, 0.1) is 95.4 Å². The van der Waals surface area contributed by atoms with Crippen molar-refractivity contribution in [3.05, 3.63) is 106 Å². The highest BCUT2D eigenvalue weighted by atomic mass is 127. The standard InChI is InChI=1S/C41H50F3N3O7S.C12H22O2.C11H16O4S.C7H12O2.C5H11IO3S.C4H9IO.C4H10O2/c1-4-10-33-40(54-29-25-28(3)55-26-29,17-9-22-47(33)35(48)34-31(41(42,43)44)12-7-21-45-34)36(49)46-23-19-39(52,20-24-46)30-11-5-6-13-32(30)53-27(2)14-18-38(37(50)51)15-8-16-38;1-4-14-11(13)12(7-5-8-12)9-6-10(2)3;1-9-3-5-11(6-4-9)16(13,14)15-8-7-10(2)12;1-2-9-7(8)6-4-3-5-6;1-5(3-4-6)9-10(2,7)8;2*1-4(6)2-3-5/h5-7,11-13,21,25-27,33,52H,4,8-10,14-20,22-24H2,1-3H3,(H,50,51);10H,4-9H2,1-3H3;3-6,10,12H,7-8H2,1-2H3;6H,2-5H2,1H3;5H,3-4H2,1-2H3;4,6H,2-3H2,1H3;4-6H,2-3H2,1H3/t27-,33-,40+;;10-;;5-;2*4-/m1.0.000/s1. The van der Waals surface area contributed by atoms with Crippen LogP contribution in [0.25, 0.3) is 0 Å². The lowest BCUT2D eigenvalue weighted by Crippen LogP contribution is -2.68. The van der Waals surface area contributed by atoms with E-state index in [1.54, 1.807) is 56.2 Å². The molecule has 2 aromatic carbocycles. The van der Waals surface area contributed by atoms with E-state index in [0.717, 1.165) is 102 Å². The number of likely N-dealkylation sites (tertiary alicyclic amines) is 2. The molecule has 2 aliphatic heterocycles. The number of aromatic nitrogens is 1. The Hall–Kier alpha value is -4.89. The number of hydrogen-bond acceptors (Lipinski definition) is 22. The van der Waals surface area contributed by atoms with Crippen LogP contribution >= 0.6 is 56.5 Å². The summed E-state index contributed by atoms with van der Waals surface area (Å²) in [5.41, 5.74) is -4.02. The van der Waals surface area contributed by atoms with Crippen molar-refractivity contribution in [1.29, 1.82) is 0 Å². The number of alkyl halides is 5. The van der Waals surface area contributed by atoms with Crippen LogP contribution in [0, 0.1) is 36.5 Å². The van der Waals surface area contributed by atoms with Gasteiger partial charge in [0.15, 0.2) is 0 Å². The third kappa shape index (κ3) is 35.3. The number of benzene rings is 2. The van der Waals surface area contributed by atoms with Gasteiger partial charge < -0.3 is 59.4 Å². The molecule has 660 valence electrons. The van der Waals surface area contributed by atoms with Gasteiger partial charge in [0.2, 0.25) is 5.60 Å². The van der Waals surface area contributed by atoms with Gasteiger partial charge in [-0.25, -0.2) is 0 Å². The van der Waals surface area contributed by atoms with Gasteiger partial charge in [-0.1, -0.05) is 128 Å². The lowest BCUT2D eigenvalue weighted by Gasteiger charge is -2.51. The monoisotopic (exact) mass is 1920 g/mol. The predicted octanol–water partition coefficient (Wildman–Crippen LogP) is 16.1. The third-order valence-corrected chi connectivity index (χ3v) is 24.8. The second kappa shape index (κ2) is 51.8. The van der Waals surface area contributed by atoms with E-state index in [1.807, 2.05) is 65.8 Å². The normalized spacial score (nSPS) is 19.2. The molecule has 7 atom stereocenters. The number of ether oxygens (including phenoxy) is 4. The molecule has 3 saturated carbocycles. The van der Waals surface area contributed by atoms with Crippen LogP contribution in [-0.4, -0.2) is 195 Å². The lowest BCUT2D eigenvalue weighted by molar-refractivity contribution is -0.163. The Labute approximate surface area is 718 Å². The summed E-state index contributed by atoms with van der Waals surface area (Å²) in [6.07, 6.45) is 12.1. The molecule has 4 aromatic rings. The van der Waals surface area contributed by atoms with Gasteiger partial charge >= 0.3 is 24.1 Å². The van der Waals surface area contributed by atoms with Crippen LogP contribution in [0.1, 0.15) is 249 Å². The number of pyridine rings is 1. The fraction of sp³-hybridized carbons (Fsp3) is 0.690. The minimum Gasteiger partial charge on any atom is -0.490 e. The number of rotatable bonds is 33. The van der Waals surface area contributed by atoms with Crippen LogP contribution in [0.2, 0.25) is 0 Å². The van der Waals surface area contributed by atoms with Gasteiger partial charge in [0, 0.05) is 63.5 Å². The third-order valence-electron chi connectivity index (χ3n) is 20.7. The zero-order chi connectivity index (χ0) is 87.3. The smallest absolute Gasteiger partial charge is 0.418 e. The lowest BCUT2D eigenvalue weighted by atomic mass is 9.65. The van der Waals surface area contributed by atoms with Crippen LogP contribution < -0.4 is 9.47 Å². The average molecular weight is 1920 g/mol. The summed E-state index contributed by atoms with van der Waals surface area (Å²) in [5, 5.41) is 57.7. The van der Waals surface area contributed by atoms with Crippen molar-refractivity contribution >= 4 is 106 Å². The summed E-state index contributed by atoms with van der Waals surface area (Å²) >= 11 is 5.86. The topological polar surface area (TPSA) is 350 Å². The Morgan fingerprint density at radius 1 is 0.698 bits per heavy atom. The molecule has 2 saturated heterocycles. The number of carbonyl (C=O) groups excluding carboxylic acids is 4. The highest BCUT2D eigenvalue weighted by molar-refractivity contribution is 14.1. The Kier molecular flexibility index (Phi) is 47.0. The molecule has 2 amide bonds. The van der Waals surface area contributed by atoms with E-state index < -0.39 is 78.3 Å². The zero-order valence-corrected chi connectivity index (χ0v) is 76.8. The molecule has 0 bridgehead atoms. The van der Waals surface area contributed by atoms with Crippen LogP contribution in [0.3, 0.4) is 0 Å². The maximum absolute atomic E-state index is 15.0. The number of carboxylic acid groups (broad SMARTS) is 1. The van der Waals surface area contributed by atoms with E-state index in [4.69, 9.17) is 43.6 Å². The molecule has 0 radical (unpaired) electrons. The second-order valence-corrected chi connectivity index (χ2v) is 37.6. The van der Waals surface area contributed by atoms with Gasteiger partial charge in [-0.3, -0.25) is 37.3 Å². The van der Waals surface area contributed by atoms with Crippen molar-refractivity contribution in [3.63, 3.8) is 0 Å². The summed E-state index contributed by atoms with van der Waals surface area (Å²) in [6.45, 7) is 24.0. The van der Waals surface area contributed by atoms with E-state index in [1.165, 1.54) is 41.2 Å². The van der Waals surface area contributed by atoms with Crippen molar-refractivity contribution < 1.29 is 112 Å². The highest BCUT2D eigenvalue weighted by Crippen LogP contribution is 2.48. The Morgan fingerprint density at radius 3 is 1.74 bits per heavy atom. The first-order valence-electron chi connectivity index (χ1n) is 40.5. The SMILES string of the molecule is CCC[C@H]1N(C(=O)c2ncccc2C(F)(F)F)CCC[C@@]1(Oc1csc(C)c1)C(=O)N1CCC(O)(c2ccccc2O[C@H](C)CCC2(C(=O)O)CCC2)CC1.CCOC(=O)C1(CCC(C)C)CCC1.CCOC(=O)C1CCC1.C[C@@H](CCI)OS(C)(=O)=O.C[C@H](O)CCI.C[C@H](O)CCO.Cc1ccc(S(=O)(=O)OCC[C@H](C)O)cc1. The maximum atomic E-state index is 15.0. The largest absolute Gasteiger partial charge is 0.490 e. The summed E-state index contributed by atoms with van der Waals surface area (Å²) in [4.78, 5) is 71.5. The zero-order valence-electron chi connectivity index (χ0n) is 70.0. The first-order valence-corrected chi connectivity index (χ1v) is 47.7. The molecular weight excluding hydrogens is 1790 g/mol. The number of aryl methyl sites for hydroxylation is 2. The molecule has 116 heavy (non-hydrogen) atoms. The van der Waals surface area contributed by atoms with Gasteiger partial charge in [0.1, 0.15) is 17.2 Å². The van der Waals surface area contributed by atoms with Crippen molar-refractivity contribution in [3.8, 4) is 11.5 Å². The number of thiophene rings is 1. The number of aliphatic carboxylic acids is 1. The number of aliphatic hydroxyl groups excluding tert-OH is 4. The van der Waals surface area contributed by atoms with E-state index in [-0.39, 0.29) is 111 Å². The van der Waals surface area contributed by atoms with E-state index in [9.17, 15) is 59.4 Å². The molecule has 4 heterocycles. The van der Waals surface area contributed by atoms with Gasteiger partial charge in [-0.05, 0) is 220 Å². The van der Waals surface area contributed by atoms with Crippen molar-refractivity contribution in [2.45, 2.75) is 290 Å². The van der Waals surface area contributed by atoms with Gasteiger partial charge in [0.25, 0.3) is 32.1 Å². The Morgan fingerprint density at radius 2 is 1.28 bits per heavy atom. The summed E-state index contributed by atoms with van der Waals surface area (Å²) in [6, 6.07) is 16.6. The fourth-order valence-electron chi connectivity index (χ4n) is 13.4. The van der Waals surface area contributed by atoms with Crippen molar-refractivity contribution in [2.24, 2.45) is 22.7 Å². The number of esters is 2. The minimum absolute atomic E-state index is 0.00347. The van der Waals surface area contributed by atoms with Gasteiger partial charge in [-0.15, -0.1) is 11.3 Å². The van der Waals surface area contributed by atoms with Crippen LogP contribution in [-0.2, 0) is 69.0 Å². The van der Waals surface area contributed by atoms with E-state index >= 15 is 4.79 Å². The van der Waals surface area contributed by atoms with Crippen LogP contribution in [0.4, 0.5) is 13.2 Å². The molecular formula is C84H130F3I2N3O21S3. The first-order chi connectivity index (χ1) is 54.5. The predicted molar refractivity (Wildman–Crippen MR) is 459 cm³/mol. The quantitative estimate of drug-likeness (QED) is 0.0112. The first kappa shape index (κ1) is 105. The fourth-order valence-corrected chi connectivity index (χ4v) is 17.4. The Bertz CT molecular complexity index is 3780. The molecule has 32 heteroatoms. The number of hydrogen-bond donors (Lipinski definition) is 6. The molecule has 24 nitrogen and oxygen atoms in total. The molecule has 3 aliphatic carbocycles. The number of para-hydroxylation sites is 1. The summed E-state index contributed by atoms with van der Waals surface area (Å²) < 4.78 is 121. The highest BCUT2D eigenvalue weighted by Gasteiger charge is 2.57. The number of halogens is 5. The maximum Gasteiger partial charge on any atom is 0.418 e. The van der Waals surface area contributed by atoms with Crippen LogP contribution in [0.15, 0.2) is 83.2 Å². The second-order valence-electron chi connectivity index (χ2n) is 31.1. The molecule has 6 N–H and O–H groups in total. The molecule has 0 unspecified atom stereocenters. The molecule has 5 aliphatic rings. The molecule has 5 fully saturated rings. The summed E-state index contributed by atoms with van der Waals surface area (Å²) in [7, 11) is -6.93. The molecule has 0 spiro atoms. The van der Waals surface area contributed by atoms with E-state index in [0.29, 0.717) is 94.0 Å². The van der Waals surface area contributed by atoms with E-state index in [2.05, 4.69) is 68.2 Å². The average Bonchev–Trinajstić information content (AvgIpc) is 0.943. The number of nitrogens with zero attached hydrogens (tertiary/aromatic N) is 3. The Balaban J connectivity index is 0.000000455. The molecule has 2 aromatic heterocycles. The molecule has 9 rings (SSSR count). The number of piperidine rings is 2. The minimum atomic E-state index is -4.81.